The normalized spacial score (nSPS) is 12.2. The highest BCUT2D eigenvalue weighted by Gasteiger charge is 2.20. The first-order chi connectivity index (χ1) is 12.0. The third-order valence-corrected chi connectivity index (χ3v) is 3.59. The summed E-state index contributed by atoms with van der Waals surface area (Å²) in [6, 6.07) is 7.50. The largest absolute Gasteiger partial charge is 0.387 e. The van der Waals surface area contributed by atoms with E-state index in [2.05, 4.69) is 15.0 Å². The quantitative estimate of drug-likeness (QED) is 0.656. The first kappa shape index (κ1) is 21.5. The van der Waals surface area contributed by atoms with E-state index in [9.17, 15) is 4.79 Å². The average molecular weight is 354 g/mol. The maximum absolute atomic E-state index is 11.6. The van der Waals surface area contributed by atoms with E-state index in [1.807, 2.05) is 65.8 Å². The number of rotatable bonds is 3. The number of amidine groups is 1. The topological polar surface area (TPSA) is 81.2 Å². The second kappa shape index (κ2) is 9.22. The summed E-state index contributed by atoms with van der Waals surface area (Å²) in [5.41, 5.74) is 7.25. The molecule has 0 amide bonds. The number of nitrogens with zero attached hydrogens (tertiary/aromatic N) is 3. The van der Waals surface area contributed by atoms with Gasteiger partial charge in [0.05, 0.1) is 11.9 Å². The van der Waals surface area contributed by atoms with E-state index in [0.717, 1.165) is 11.3 Å². The predicted molar refractivity (Wildman–Crippen MR) is 107 cm³/mol. The zero-order valence-electron chi connectivity index (χ0n) is 16.7. The monoisotopic (exact) mass is 354 g/mol. The Bertz CT molecular complexity index is 711. The third kappa shape index (κ3) is 8.01. The van der Waals surface area contributed by atoms with Crippen LogP contribution < -0.4 is 5.73 Å². The Morgan fingerprint density at radius 3 is 1.96 bits per heavy atom. The van der Waals surface area contributed by atoms with Gasteiger partial charge in [0.15, 0.2) is 0 Å². The van der Waals surface area contributed by atoms with E-state index in [1.165, 1.54) is 0 Å². The lowest BCUT2D eigenvalue weighted by Crippen LogP contribution is -2.28. The molecule has 2 N–H and O–H groups in total. The molecule has 0 atom stereocenters. The minimum Gasteiger partial charge on any atom is -0.387 e. The van der Waals surface area contributed by atoms with Gasteiger partial charge in [0.2, 0.25) is 0 Å². The Kier molecular flexibility index (Phi) is 7.62. The predicted octanol–water partition coefficient (Wildman–Crippen LogP) is 4.36. The number of aliphatic imine (C=N–C) groups is 1. The molecular formula is C21H30N4O. The van der Waals surface area contributed by atoms with E-state index in [4.69, 9.17) is 5.73 Å². The molecule has 140 valence electrons. The summed E-state index contributed by atoms with van der Waals surface area (Å²) in [6.07, 6.45) is 7.34. The molecule has 2 aromatic heterocycles. The Labute approximate surface area is 156 Å². The van der Waals surface area contributed by atoms with Gasteiger partial charge < -0.3 is 5.73 Å². The molecule has 5 nitrogen and oxygen atoms in total. The molecule has 26 heavy (non-hydrogen) atoms. The molecule has 0 aliphatic rings. The highest BCUT2D eigenvalue weighted by Crippen LogP contribution is 2.18. The van der Waals surface area contributed by atoms with Crippen LogP contribution in [0.25, 0.3) is 0 Å². The number of ketones is 1. The van der Waals surface area contributed by atoms with Gasteiger partial charge in [-0.25, -0.2) is 4.99 Å². The van der Waals surface area contributed by atoms with Gasteiger partial charge in [-0.3, -0.25) is 14.8 Å². The summed E-state index contributed by atoms with van der Waals surface area (Å²) in [6.45, 7) is 11.9. The Morgan fingerprint density at radius 2 is 1.54 bits per heavy atom. The first-order valence-electron chi connectivity index (χ1n) is 8.67. The highest BCUT2D eigenvalue weighted by atomic mass is 16.1. The molecule has 0 unspecified atom stereocenters. The van der Waals surface area contributed by atoms with Crippen molar-refractivity contribution in [2.45, 2.75) is 48.0 Å². The van der Waals surface area contributed by atoms with Crippen LogP contribution in [0.5, 0.6) is 0 Å². The summed E-state index contributed by atoms with van der Waals surface area (Å²) in [4.78, 5) is 23.8. The lowest BCUT2D eigenvalue weighted by molar-refractivity contribution is -0.125. The van der Waals surface area contributed by atoms with Crippen LogP contribution >= 0.6 is 0 Å². The summed E-state index contributed by atoms with van der Waals surface area (Å²) in [5.74, 6) is 0.876. The maximum Gasteiger partial charge on any atom is 0.142 e. The average Bonchev–Trinajstić information content (AvgIpc) is 2.55. The van der Waals surface area contributed by atoms with Crippen LogP contribution in [0.1, 0.15) is 47.1 Å². The lowest BCUT2D eigenvalue weighted by atomic mass is 9.87. The molecule has 0 aliphatic carbocycles. The number of pyridine rings is 2. The molecule has 0 saturated carbocycles. The van der Waals surface area contributed by atoms with Crippen molar-refractivity contribution in [3.8, 4) is 0 Å². The van der Waals surface area contributed by atoms with E-state index >= 15 is 0 Å². The fourth-order valence-electron chi connectivity index (χ4n) is 1.68. The van der Waals surface area contributed by atoms with Crippen molar-refractivity contribution in [3.63, 3.8) is 0 Å². The van der Waals surface area contributed by atoms with Gasteiger partial charge in [-0.05, 0) is 23.8 Å². The zero-order chi connectivity index (χ0) is 19.8. The summed E-state index contributed by atoms with van der Waals surface area (Å²) < 4.78 is 0. The van der Waals surface area contributed by atoms with Gasteiger partial charge in [0, 0.05) is 35.8 Å². The van der Waals surface area contributed by atoms with Gasteiger partial charge in [0.25, 0.3) is 0 Å². The van der Waals surface area contributed by atoms with Crippen LogP contribution in [-0.2, 0) is 11.2 Å². The van der Waals surface area contributed by atoms with Crippen molar-refractivity contribution in [1.82, 2.24) is 9.97 Å². The van der Waals surface area contributed by atoms with Gasteiger partial charge in [0.1, 0.15) is 11.6 Å². The fourth-order valence-corrected chi connectivity index (χ4v) is 1.68. The molecular weight excluding hydrogens is 324 g/mol. The molecule has 2 aromatic rings. The van der Waals surface area contributed by atoms with Gasteiger partial charge >= 0.3 is 0 Å². The number of hydrogen-bond donors (Lipinski definition) is 1. The maximum atomic E-state index is 11.6. The van der Waals surface area contributed by atoms with Crippen LogP contribution in [0.3, 0.4) is 0 Å². The van der Waals surface area contributed by atoms with Crippen molar-refractivity contribution < 1.29 is 4.79 Å². The SMILES string of the molecule is CC(C)(C)C(=O)Cc1cccnc1.CC(C)(C)C(N)=Nc1cccnc1. The molecule has 0 saturated heterocycles. The number of aromatic nitrogens is 2. The van der Waals surface area contributed by atoms with Crippen molar-refractivity contribution in [3.05, 3.63) is 54.6 Å². The van der Waals surface area contributed by atoms with Crippen LogP contribution in [0, 0.1) is 10.8 Å². The van der Waals surface area contributed by atoms with E-state index in [1.54, 1.807) is 24.8 Å². The van der Waals surface area contributed by atoms with Crippen molar-refractivity contribution in [1.29, 1.82) is 0 Å². The molecule has 2 heterocycles. The molecule has 0 aromatic carbocycles. The van der Waals surface area contributed by atoms with E-state index < -0.39 is 0 Å². The van der Waals surface area contributed by atoms with Crippen LogP contribution in [0.2, 0.25) is 0 Å². The molecule has 0 fully saturated rings. The highest BCUT2D eigenvalue weighted by molar-refractivity contribution is 5.87. The Hall–Kier alpha value is -2.56. The van der Waals surface area contributed by atoms with Gasteiger partial charge in [-0.2, -0.15) is 0 Å². The smallest absolute Gasteiger partial charge is 0.142 e. The van der Waals surface area contributed by atoms with Crippen molar-refractivity contribution in [2.24, 2.45) is 21.6 Å². The van der Waals surface area contributed by atoms with Crippen LogP contribution in [-0.4, -0.2) is 21.6 Å². The Balaban J connectivity index is 0.000000260. The van der Waals surface area contributed by atoms with Gasteiger partial charge in [-0.15, -0.1) is 0 Å². The number of carbonyl (C=O) groups is 1. The standard InChI is InChI=1S/C11H15NO.C10H15N3/c1-11(2,3)10(13)7-9-5-4-6-12-8-9;1-10(2,3)9(11)13-8-5-4-6-12-7-8/h4-6,8H,7H2,1-3H3;4-7H,1-3H3,(H2,11,13). The van der Waals surface area contributed by atoms with Gasteiger partial charge in [-0.1, -0.05) is 47.6 Å². The number of carbonyl (C=O) groups excluding carboxylic acids is 1. The number of nitrogens with two attached hydrogens (primary N) is 1. The molecule has 5 heteroatoms. The summed E-state index contributed by atoms with van der Waals surface area (Å²) in [7, 11) is 0. The first-order valence-corrected chi connectivity index (χ1v) is 8.67. The van der Waals surface area contributed by atoms with E-state index in [0.29, 0.717) is 12.3 Å². The lowest BCUT2D eigenvalue weighted by Gasteiger charge is -2.16. The summed E-state index contributed by atoms with van der Waals surface area (Å²) in [5, 5.41) is 0. The third-order valence-electron chi connectivity index (χ3n) is 3.59. The molecule has 2 rings (SSSR count). The molecule has 0 bridgehead atoms. The zero-order valence-corrected chi connectivity index (χ0v) is 16.7. The van der Waals surface area contributed by atoms with E-state index in [-0.39, 0.29) is 16.6 Å². The molecule has 0 aliphatic heterocycles. The van der Waals surface area contributed by atoms with Crippen molar-refractivity contribution >= 4 is 17.3 Å². The summed E-state index contributed by atoms with van der Waals surface area (Å²) >= 11 is 0. The second-order valence-corrected chi connectivity index (χ2v) is 8.17. The van der Waals surface area contributed by atoms with Crippen molar-refractivity contribution in [2.75, 3.05) is 0 Å². The minimum absolute atomic E-state index is 0.0875. The molecule has 0 radical (unpaired) electrons. The number of Topliss-reactive ketones (excluding diaryl/α,β-unsaturated/α-hetero) is 1. The molecule has 0 spiro atoms. The minimum atomic E-state index is -0.254. The van der Waals surface area contributed by atoms with Crippen LogP contribution in [0.4, 0.5) is 5.69 Å². The van der Waals surface area contributed by atoms with Crippen LogP contribution in [0.15, 0.2) is 54.0 Å². The second-order valence-electron chi connectivity index (χ2n) is 8.17. The Morgan fingerprint density at radius 1 is 0.962 bits per heavy atom. The fraction of sp³-hybridized carbons (Fsp3) is 0.429. The number of hydrogen-bond acceptors (Lipinski definition) is 4.